The summed E-state index contributed by atoms with van der Waals surface area (Å²) in [4.78, 5) is 24.6. The van der Waals surface area contributed by atoms with Crippen molar-refractivity contribution in [2.75, 3.05) is 5.32 Å². The molecule has 3 rings (SSSR count). The average Bonchev–Trinajstić information content (AvgIpc) is 3.15. The van der Waals surface area contributed by atoms with Gasteiger partial charge in [0.05, 0.1) is 15.5 Å². The van der Waals surface area contributed by atoms with Gasteiger partial charge in [-0.3, -0.25) is 9.59 Å². The third-order valence-corrected chi connectivity index (χ3v) is 8.05. The molecule has 9 heteroatoms. The van der Waals surface area contributed by atoms with E-state index in [1.54, 1.807) is 0 Å². The predicted octanol–water partition coefficient (Wildman–Crippen LogP) is 3.82. The van der Waals surface area contributed by atoms with Gasteiger partial charge >= 0.3 is 0 Å². The molecule has 0 radical (unpaired) electrons. The molecule has 2 aromatic carbocycles. The molecule has 1 fully saturated rings. The summed E-state index contributed by atoms with van der Waals surface area (Å²) in [6.07, 6.45) is 1.65. The molecule has 6 nitrogen and oxygen atoms in total. The molecular formula is C19H18Cl2N2O4S. The van der Waals surface area contributed by atoms with E-state index in [2.05, 4.69) is 5.32 Å². The number of nitrogens with two attached hydrogens (primary N) is 1. The minimum atomic E-state index is -3.96. The molecule has 2 aromatic rings. The largest absolute Gasteiger partial charge is 0.366 e. The Kier molecular flexibility index (Phi) is 5.70. The number of carbonyl (C=O) groups excluding carboxylic acids is 2. The number of halogens is 2. The maximum Gasteiger partial charge on any atom is 0.250 e. The number of benzene rings is 2. The lowest BCUT2D eigenvalue weighted by Gasteiger charge is -2.27. The van der Waals surface area contributed by atoms with E-state index < -0.39 is 26.4 Å². The quantitative estimate of drug-likeness (QED) is 0.736. The maximum absolute atomic E-state index is 13.3. The summed E-state index contributed by atoms with van der Waals surface area (Å²) in [7, 11) is -3.96. The third kappa shape index (κ3) is 3.62. The highest BCUT2D eigenvalue weighted by atomic mass is 35.5. The normalized spacial score (nSPS) is 15.9. The van der Waals surface area contributed by atoms with Gasteiger partial charge in [-0.25, -0.2) is 8.42 Å². The first-order valence-electron chi connectivity index (χ1n) is 8.58. The third-order valence-electron chi connectivity index (χ3n) is 4.95. The molecule has 28 heavy (non-hydrogen) atoms. The zero-order chi connectivity index (χ0) is 20.5. The molecule has 1 aliphatic carbocycles. The van der Waals surface area contributed by atoms with Crippen LogP contribution in [0.3, 0.4) is 0 Å². The Morgan fingerprint density at radius 3 is 2.18 bits per heavy atom. The van der Waals surface area contributed by atoms with E-state index >= 15 is 0 Å². The number of primary amides is 1. The van der Waals surface area contributed by atoms with Crippen LogP contribution in [0.25, 0.3) is 0 Å². The van der Waals surface area contributed by atoms with Crippen LogP contribution in [-0.4, -0.2) is 25.0 Å². The molecule has 0 atom stereocenters. The van der Waals surface area contributed by atoms with Crippen molar-refractivity contribution in [3.63, 3.8) is 0 Å². The first-order chi connectivity index (χ1) is 13.2. The summed E-state index contributed by atoms with van der Waals surface area (Å²) < 4.78 is 25.1. The Morgan fingerprint density at radius 2 is 1.61 bits per heavy atom. The molecule has 3 N–H and O–H groups in total. The molecule has 1 saturated carbocycles. The van der Waals surface area contributed by atoms with Crippen LogP contribution in [0.15, 0.2) is 47.4 Å². The topological polar surface area (TPSA) is 106 Å². The van der Waals surface area contributed by atoms with Gasteiger partial charge in [-0.15, -0.1) is 0 Å². The molecule has 0 saturated heterocycles. The number of nitrogens with one attached hydrogen (secondary N) is 1. The molecule has 2 amide bonds. The van der Waals surface area contributed by atoms with Gasteiger partial charge in [0.15, 0.2) is 14.6 Å². The molecule has 0 unspecified atom stereocenters. The van der Waals surface area contributed by atoms with E-state index in [4.69, 9.17) is 28.9 Å². The average molecular weight is 441 g/mol. The molecule has 148 valence electrons. The zero-order valence-corrected chi connectivity index (χ0v) is 17.1. The van der Waals surface area contributed by atoms with Crippen molar-refractivity contribution in [3.8, 4) is 0 Å². The second kappa shape index (κ2) is 7.73. The molecule has 0 heterocycles. The van der Waals surface area contributed by atoms with Crippen LogP contribution in [0.4, 0.5) is 5.69 Å². The highest BCUT2D eigenvalue weighted by molar-refractivity contribution is 7.93. The number of hydrogen-bond acceptors (Lipinski definition) is 4. The lowest BCUT2D eigenvalue weighted by molar-refractivity contribution is -0.118. The van der Waals surface area contributed by atoms with Gasteiger partial charge in [0.25, 0.3) is 0 Å². The summed E-state index contributed by atoms with van der Waals surface area (Å²) in [5, 5.41) is 3.18. The van der Waals surface area contributed by atoms with E-state index in [1.807, 2.05) is 0 Å². The van der Waals surface area contributed by atoms with Crippen LogP contribution in [0, 0.1) is 0 Å². The molecule has 1 aliphatic rings. The van der Waals surface area contributed by atoms with E-state index in [0.29, 0.717) is 17.9 Å². The lowest BCUT2D eigenvalue weighted by Crippen LogP contribution is -2.47. The van der Waals surface area contributed by atoms with Crippen LogP contribution in [-0.2, 0) is 14.6 Å². The van der Waals surface area contributed by atoms with E-state index in [0.717, 1.165) is 0 Å². The number of amides is 2. The van der Waals surface area contributed by atoms with Gasteiger partial charge < -0.3 is 11.1 Å². The van der Waals surface area contributed by atoms with Crippen LogP contribution < -0.4 is 11.1 Å². The van der Waals surface area contributed by atoms with Crippen LogP contribution in [0.1, 0.15) is 36.0 Å². The fourth-order valence-corrected chi connectivity index (χ4v) is 5.84. The van der Waals surface area contributed by atoms with Gasteiger partial charge in [0, 0.05) is 10.7 Å². The SMILES string of the molecule is NC(=O)c1cc(NC(=O)C2(S(=O)(=O)c3ccc(Cl)cc3)CCCC2)ccc1Cl. The van der Waals surface area contributed by atoms with Crippen LogP contribution in [0.5, 0.6) is 0 Å². The Morgan fingerprint density at radius 1 is 1.00 bits per heavy atom. The van der Waals surface area contributed by atoms with E-state index in [1.165, 1.54) is 42.5 Å². The van der Waals surface area contributed by atoms with Crippen LogP contribution in [0.2, 0.25) is 10.0 Å². The number of rotatable bonds is 5. The Balaban J connectivity index is 1.98. The molecule has 0 bridgehead atoms. The van der Waals surface area contributed by atoms with Gasteiger partial charge in [-0.1, -0.05) is 36.0 Å². The zero-order valence-electron chi connectivity index (χ0n) is 14.7. The lowest BCUT2D eigenvalue weighted by atomic mass is 10.1. The highest BCUT2D eigenvalue weighted by Crippen LogP contribution is 2.41. The number of carbonyl (C=O) groups is 2. The summed E-state index contributed by atoms with van der Waals surface area (Å²) in [5.41, 5.74) is 5.57. The fraction of sp³-hybridized carbons (Fsp3) is 0.263. The standard InChI is InChI=1S/C19H18Cl2N2O4S/c20-12-3-6-14(7-4-12)28(26,27)19(9-1-2-10-19)18(25)23-13-5-8-16(21)15(11-13)17(22)24/h3-8,11H,1-2,9-10H2,(H2,22,24)(H,23,25). The summed E-state index contributed by atoms with van der Waals surface area (Å²) in [6.45, 7) is 0. The molecule has 0 spiro atoms. The Bertz CT molecular complexity index is 1030. The van der Waals surface area contributed by atoms with Crippen molar-refractivity contribution in [2.24, 2.45) is 5.73 Å². The number of anilines is 1. The summed E-state index contributed by atoms with van der Waals surface area (Å²) in [5.74, 6) is -1.39. The Hall–Kier alpha value is -2.09. The van der Waals surface area contributed by atoms with Crippen molar-refractivity contribution in [3.05, 3.63) is 58.1 Å². The van der Waals surface area contributed by atoms with Gasteiger partial charge in [0.2, 0.25) is 11.8 Å². The first kappa shape index (κ1) is 20.6. The monoisotopic (exact) mass is 440 g/mol. The highest BCUT2D eigenvalue weighted by Gasteiger charge is 2.53. The molecule has 0 aliphatic heterocycles. The van der Waals surface area contributed by atoms with E-state index in [-0.39, 0.29) is 34.0 Å². The van der Waals surface area contributed by atoms with E-state index in [9.17, 15) is 18.0 Å². The van der Waals surface area contributed by atoms with Crippen molar-refractivity contribution in [2.45, 2.75) is 35.3 Å². The van der Waals surface area contributed by atoms with Crippen molar-refractivity contribution >= 4 is 50.5 Å². The molecular weight excluding hydrogens is 423 g/mol. The predicted molar refractivity (Wildman–Crippen MR) is 108 cm³/mol. The first-order valence-corrected chi connectivity index (χ1v) is 10.8. The van der Waals surface area contributed by atoms with Crippen molar-refractivity contribution in [1.82, 2.24) is 0 Å². The number of sulfone groups is 1. The smallest absolute Gasteiger partial charge is 0.250 e. The van der Waals surface area contributed by atoms with Crippen LogP contribution >= 0.6 is 23.2 Å². The summed E-state index contributed by atoms with van der Waals surface area (Å²) in [6, 6.07) is 10.0. The van der Waals surface area contributed by atoms with Gasteiger partial charge in [-0.05, 0) is 55.3 Å². The minimum Gasteiger partial charge on any atom is -0.366 e. The molecule has 0 aromatic heterocycles. The Labute approximate surface area is 172 Å². The van der Waals surface area contributed by atoms with Crippen molar-refractivity contribution < 1.29 is 18.0 Å². The minimum absolute atomic E-state index is 0.0421. The maximum atomic E-state index is 13.3. The van der Waals surface area contributed by atoms with Gasteiger partial charge in [0.1, 0.15) is 0 Å². The fourth-order valence-electron chi connectivity index (χ4n) is 3.44. The number of hydrogen-bond donors (Lipinski definition) is 2. The second-order valence-electron chi connectivity index (χ2n) is 6.67. The second-order valence-corrected chi connectivity index (χ2v) is 9.78. The van der Waals surface area contributed by atoms with Gasteiger partial charge in [-0.2, -0.15) is 0 Å². The summed E-state index contributed by atoms with van der Waals surface area (Å²) >= 11 is 11.8. The van der Waals surface area contributed by atoms with Crippen molar-refractivity contribution in [1.29, 1.82) is 0 Å².